The number of carbonyl (C=O) groups is 1. The fourth-order valence-electron chi connectivity index (χ4n) is 1.60. The van der Waals surface area contributed by atoms with Crippen molar-refractivity contribution in [3.8, 4) is 0 Å². The molecule has 5 heteroatoms. The maximum Gasteiger partial charge on any atom is 0.221 e. The van der Waals surface area contributed by atoms with Gasteiger partial charge in [0, 0.05) is 29.2 Å². The summed E-state index contributed by atoms with van der Waals surface area (Å²) in [5, 5.41) is 11.7. The Bertz CT molecular complexity index is 424. The molecule has 2 N–H and O–H groups in total. The van der Waals surface area contributed by atoms with Gasteiger partial charge in [0.15, 0.2) is 0 Å². The third-order valence-corrected chi connectivity index (χ3v) is 3.69. The predicted octanol–water partition coefficient (Wildman–Crippen LogP) is 2.59. The fraction of sp³-hybridized carbons (Fsp3) is 0.500. The highest BCUT2D eigenvalue weighted by molar-refractivity contribution is 7.99. The van der Waals surface area contributed by atoms with Gasteiger partial charge in [-0.05, 0) is 32.4 Å². The summed E-state index contributed by atoms with van der Waals surface area (Å²) in [7, 11) is 0. The third kappa shape index (κ3) is 6.07. The van der Waals surface area contributed by atoms with Gasteiger partial charge in [0.25, 0.3) is 0 Å². The zero-order chi connectivity index (χ0) is 14.3. The monoisotopic (exact) mass is 285 g/mol. The van der Waals surface area contributed by atoms with Crippen LogP contribution >= 0.6 is 11.8 Å². The molecule has 1 aromatic carbocycles. The average molecular weight is 285 g/mol. The normalized spacial score (nSPS) is 11.4. The van der Waals surface area contributed by atoms with Crippen molar-refractivity contribution in [2.24, 2.45) is 0 Å². The van der Waals surface area contributed by atoms with Gasteiger partial charge in [0.05, 0.1) is 0 Å². The summed E-state index contributed by atoms with van der Waals surface area (Å²) < 4.78 is 13.3. The Balaban J connectivity index is 2.33. The molecule has 0 unspecified atom stereocenters. The van der Waals surface area contributed by atoms with Gasteiger partial charge in [0.2, 0.25) is 5.91 Å². The summed E-state index contributed by atoms with van der Waals surface area (Å²) in [6, 6.07) is 6.53. The third-order valence-electron chi connectivity index (χ3n) is 2.64. The van der Waals surface area contributed by atoms with E-state index in [0.717, 1.165) is 0 Å². The molecule has 1 rings (SSSR count). The smallest absolute Gasteiger partial charge is 0.221 e. The Labute approximate surface area is 117 Å². The van der Waals surface area contributed by atoms with Crippen LogP contribution in [-0.2, 0) is 4.79 Å². The molecule has 0 spiro atoms. The lowest BCUT2D eigenvalue weighted by atomic mass is 10.0. The molecule has 0 atom stereocenters. The molecule has 106 valence electrons. The lowest BCUT2D eigenvalue weighted by molar-refractivity contribution is -0.122. The molecular formula is C14H20FNO2S. The average Bonchev–Trinajstić information content (AvgIpc) is 2.30. The molecule has 1 amide bonds. The number of halogens is 1. The highest BCUT2D eigenvalue weighted by atomic mass is 32.2. The van der Waals surface area contributed by atoms with Crippen molar-refractivity contribution >= 4 is 17.7 Å². The van der Waals surface area contributed by atoms with Crippen molar-refractivity contribution in [3.63, 3.8) is 0 Å². The van der Waals surface area contributed by atoms with Gasteiger partial charge in [-0.3, -0.25) is 4.79 Å². The van der Waals surface area contributed by atoms with Gasteiger partial charge in [-0.1, -0.05) is 12.1 Å². The SMILES string of the molecule is CC(C)(CCO)NC(=O)CCSc1ccccc1F. The van der Waals surface area contributed by atoms with Crippen molar-refractivity contribution in [2.75, 3.05) is 12.4 Å². The van der Waals surface area contributed by atoms with E-state index in [9.17, 15) is 9.18 Å². The summed E-state index contributed by atoms with van der Waals surface area (Å²) in [5.74, 6) is 0.193. The van der Waals surface area contributed by atoms with Crippen molar-refractivity contribution in [2.45, 2.75) is 37.1 Å². The minimum absolute atomic E-state index is 0.0389. The van der Waals surface area contributed by atoms with Gasteiger partial charge in [-0.2, -0.15) is 0 Å². The molecule has 3 nitrogen and oxygen atoms in total. The first kappa shape index (κ1) is 16.0. The Morgan fingerprint density at radius 2 is 2.11 bits per heavy atom. The molecule has 0 heterocycles. The molecule has 0 saturated heterocycles. The van der Waals surface area contributed by atoms with Crippen LogP contribution in [0.15, 0.2) is 29.2 Å². The van der Waals surface area contributed by atoms with Crippen LogP contribution in [0.5, 0.6) is 0 Å². The number of aliphatic hydroxyl groups excluding tert-OH is 1. The van der Waals surface area contributed by atoms with Crippen LogP contribution in [0.3, 0.4) is 0 Å². The highest BCUT2D eigenvalue weighted by Crippen LogP contribution is 2.21. The van der Waals surface area contributed by atoms with E-state index in [2.05, 4.69) is 5.32 Å². The molecule has 0 aliphatic heterocycles. The second kappa shape index (κ2) is 7.50. The number of thioether (sulfide) groups is 1. The first-order valence-electron chi connectivity index (χ1n) is 6.24. The van der Waals surface area contributed by atoms with E-state index in [0.29, 0.717) is 23.5 Å². The predicted molar refractivity (Wildman–Crippen MR) is 75.7 cm³/mol. The molecule has 0 aliphatic rings. The van der Waals surface area contributed by atoms with Crippen LogP contribution in [-0.4, -0.2) is 28.9 Å². The van der Waals surface area contributed by atoms with E-state index in [1.165, 1.54) is 17.8 Å². The number of carbonyl (C=O) groups excluding carboxylic acids is 1. The van der Waals surface area contributed by atoms with Gasteiger partial charge in [-0.25, -0.2) is 4.39 Å². The van der Waals surface area contributed by atoms with E-state index in [-0.39, 0.29) is 18.3 Å². The fourth-order valence-corrected chi connectivity index (χ4v) is 2.49. The van der Waals surface area contributed by atoms with Crippen LogP contribution in [0.25, 0.3) is 0 Å². The molecule has 0 aliphatic carbocycles. The molecule has 1 aromatic rings. The number of hydrogen-bond donors (Lipinski definition) is 2. The zero-order valence-electron chi connectivity index (χ0n) is 11.3. The molecule has 19 heavy (non-hydrogen) atoms. The van der Waals surface area contributed by atoms with E-state index in [1.54, 1.807) is 18.2 Å². The molecule has 0 radical (unpaired) electrons. The Hall–Kier alpha value is -1.07. The second-order valence-corrected chi connectivity index (χ2v) is 6.07. The largest absolute Gasteiger partial charge is 0.396 e. The number of benzene rings is 1. The minimum Gasteiger partial charge on any atom is -0.396 e. The van der Waals surface area contributed by atoms with Gasteiger partial charge in [0.1, 0.15) is 5.82 Å². The Morgan fingerprint density at radius 3 is 2.74 bits per heavy atom. The van der Waals surface area contributed by atoms with E-state index in [4.69, 9.17) is 5.11 Å². The minimum atomic E-state index is -0.408. The Kier molecular flexibility index (Phi) is 6.31. The van der Waals surface area contributed by atoms with Crippen LogP contribution in [0, 0.1) is 5.82 Å². The zero-order valence-corrected chi connectivity index (χ0v) is 12.1. The van der Waals surface area contributed by atoms with E-state index < -0.39 is 5.54 Å². The van der Waals surface area contributed by atoms with Crippen LogP contribution in [0.1, 0.15) is 26.7 Å². The van der Waals surface area contributed by atoms with Gasteiger partial charge < -0.3 is 10.4 Å². The van der Waals surface area contributed by atoms with Gasteiger partial charge >= 0.3 is 0 Å². The number of hydrogen-bond acceptors (Lipinski definition) is 3. The van der Waals surface area contributed by atoms with Crippen molar-refractivity contribution in [3.05, 3.63) is 30.1 Å². The number of amides is 1. The summed E-state index contributed by atoms with van der Waals surface area (Å²) >= 11 is 1.33. The van der Waals surface area contributed by atoms with Crippen molar-refractivity contribution < 1.29 is 14.3 Å². The van der Waals surface area contributed by atoms with Gasteiger partial charge in [-0.15, -0.1) is 11.8 Å². The molecule has 0 aromatic heterocycles. The standard InChI is InChI=1S/C14H20FNO2S/c1-14(2,8-9-17)16-13(18)7-10-19-12-6-4-3-5-11(12)15/h3-6,17H,7-10H2,1-2H3,(H,16,18). The summed E-state index contributed by atoms with van der Waals surface area (Å²) in [4.78, 5) is 12.3. The van der Waals surface area contributed by atoms with Crippen LogP contribution in [0.2, 0.25) is 0 Å². The van der Waals surface area contributed by atoms with Crippen molar-refractivity contribution in [1.82, 2.24) is 5.32 Å². The number of rotatable bonds is 7. The molecule has 0 fully saturated rings. The lowest BCUT2D eigenvalue weighted by Gasteiger charge is -2.25. The summed E-state index contributed by atoms with van der Waals surface area (Å²) in [6.07, 6.45) is 0.840. The van der Waals surface area contributed by atoms with Crippen LogP contribution in [0.4, 0.5) is 4.39 Å². The van der Waals surface area contributed by atoms with Crippen LogP contribution < -0.4 is 5.32 Å². The Morgan fingerprint density at radius 1 is 1.42 bits per heavy atom. The molecular weight excluding hydrogens is 265 g/mol. The number of nitrogens with one attached hydrogen (secondary N) is 1. The number of aliphatic hydroxyl groups is 1. The first-order valence-corrected chi connectivity index (χ1v) is 7.22. The molecule has 0 bridgehead atoms. The van der Waals surface area contributed by atoms with E-state index >= 15 is 0 Å². The topological polar surface area (TPSA) is 49.3 Å². The highest BCUT2D eigenvalue weighted by Gasteiger charge is 2.19. The summed E-state index contributed by atoms with van der Waals surface area (Å²) in [6.45, 7) is 3.77. The maximum atomic E-state index is 13.3. The van der Waals surface area contributed by atoms with Crippen molar-refractivity contribution in [1.29, 1.82) is 0 Å². The second-order valence-electron chi connectivity index (χ2n) is 4.93. The first-order chi connectivity index (χ1) is 8.94. The lowest BCUT2D eigenvalue weighted by Crippen LogP contribution is -2.44. The quantitative estimate of drug-likeness (QED) is 0.757. The van der Waals surface area contributed by atoms with E-state index in [1.807, 2.05) is 13.8 Å². The molecule has 0 saturated carbocycles. The maximum absolute atomic E-state index is 13.3. The summed E-state index contributed by atoms with van der Waals surface area (Å²) in [5.41, 5.74) is -0.408.